The number of nitrogens with zero attached hydrogens (tertiary/aromatic N) is 1. The highest BCUT2D eigenvalue weighted by Gasteiger charge is 2.62. The standard InChI is InChI=1S/C21H23ClN2O6/c1-10(24-19(26)17-11-3-4-12(7-11)18(17)20(24)27)21(28)30-9-16(25)23-14-8-13(22)5-6-15(14)29-2/h5-6,8,10-12,17-18H,3-4,7,9H2,1-2H3,(H,23,25)/t10-,11-,12+,17+,18+/m1/s1. The van der Waals surface area contributed by atoms with Gasteiger partial charge in [0.1, 0.15) is 11.8 Å². The summed E-state index contributed by atoms with van der Waals surface area (Å²) in [5, 5.41) is 2.97. The molecule has 1 aromatic carbocycles. The fourth-order valence-corrected chi connectivity index (χ4v) is 5.31. The Labute approximate surface area is 178 Å². The van der Waals surface area contributed by atoms with Crippen LogP contribution < -0.4 is 10.1 Å². The zero-order valence-corrected chi connectivity index (χ0v) is 17.5. The maximum Gasteiger partial charge on any atom is 0.329 e. The molecule has 3 amide bonds. The molecule has 3 fully saturated rings. The largest absolute Gasteiger partial charge is 0.495 e. The van der Waals surface area contributed by atoms with Gasteiger partial charge >= 0.3 is 5.97 Å². The fraction of sp³-hybridized carbons (Fsp3) is 0.524. The van der Waals surface area contributed by atoms with Crippen molar-refractivity contribution in [3.63, 3.8) is 0 Å². The van der Waals surface area contributed by atoms with Gasteiger partial charge in [-0.1, -0.05) is 11.6 Å². The average molecular weight is 435 g/mol. The van der Waals surface area contributed by atoms with Gasteiger partial charge in [-0.15, -0.1) is 0 Å². The van der Waals surface area contributed by atoms with Crippen LogP contribution in [0.15, 0.2) is 18.2 Å². The second-order valence-electron chi connectivity index (χ2n) is 8.11. The Kier molecular flexibility index (Phi) is 5.44. The molecule has 0 unspecified atom stereocenters. The van der Waals surface area contributed by atoms with Crippen LogP contribution in [0.4, 0.5) is 5.69 Å². The Morgan fingerprint density at radius 3 is 2.43 bits per heavy atom. The molecule has 2 aliphatic carbocycles. The molecule has 2 bridgehead atoms. The first kappa shape index (κ1) is 20.7. The van der Waals surface area contributed by atoms with Gasteiger partial charge in [0.15, 0.2) is 6.61 Å². The fourth-order valence-electron chi connectivity index (χ4n) is 5.14. The highest BCUT2D eigenvalue weighted by Crippen LogP contribution is 2.56. The topological polar surface area (TPSA) is 102 Å². The number of esters is 1. The Balaban J connectivity index is 1.35. The molecule has 2 saturated carbocycles. The summed E-state index contributed by atoms with van der Waals surface area (Å²) in [6, 6.07) is 3.66. The molecular formula is C21H23ClN2O6. The molecule has 30 heavy (non-hydrogen) atoms. The molecule has 3 aliphatic rings. The van der Waals surface area contributed by atoms with E-state index in [0.29, 0.717) is 16.5 Å². The highest BCUT2D eigenvalue weighted by atomic mass is 35.5. The number of hydrogen-bond acceptors (Lipinski definition) is 6. The monoisotopic (exact) mass is 434 g/mol. The summed E-state index contributed by atoms with van der Waals surface area (Å²) in [7, 11) is 1.45. The summed E-state index contributed by atoms with van der Waals surface area (Å²) in [5.74, 6) is -1.67. The Morgan fingerprint density at radius 1 is 1.20 bits per heavy atom. The molecule has 0 aromatic heterocycles. The molecule has 5 atom stereocenters. The van der Waals surface area contributed by atoms with E-state index >= 15 is 0 Å². The van der Waals surface area contributed by atoms with Gasteiger partial charge in [-0.25, -0.2) is 4.79 Å². The zero-order valence-electron chi connectivity index (χ0n) is 16.7. The van der Waals surface area contributed by atoms with Gasteiger partial charge in [0, 0.05) is 5.02 Å². The maximum atomic E-state index is 12.8. The smallest absolute Gasteiger partial charge is 0.329 e. The second-order valence-corrected chi connectivity index (χ2v) is 8.54. The molecule has 9 heteroatoms. The molecule has 4 rings (SSSR count). The van der Waals surface area contributed by atoms with Gasteiger partial charge in [0.05, 0.1) is 24.6 Å². The van der Waals surface area contributed by atoms with E-state index in [4.69, 9.17) is 21.1 Å². The van der Waals surface area contributed by atoms with Crippen molar-refractivity contribution >= 4 is 41.0 Å². The molecular weight excluding hydrogens is 412 g/mol. The minimum Gasteiger partial charge on any atom is -0.495 e. The number of ether oxygens (including phenoxy) is 2. The number of carbonyl (C=O) groups is 4. The predicted molar refractivity (Wildman–Crippen MR) is 107 cm³/mol. The average Bonchev–Trinajstić information content (AvgIpc) is 3.39. The number of methoxy groups -OCH3 is 1. The van der Waals surface area contributed by atoms with E-state index in [0.717, 1.165) is 24.2 Å². The Morgan fingerprint density at radius 2 is 1.83 bits per heavy atom. The lowest BCUT2D eigenvalue weighted by Gasteiger charge is -2.23. The zero-order chi connectivity index (χ0) is 21.6. The quantitative estimate of drug-likeness (QED) is 0.544. The first-order valence-corrected chi connectivity index (χ1v) is 10.4. The van der Waals surface area contributed by atoms with E-state index < -0.39 is 24.5 Å². The van der Waals surface area contributed by atoms with Crippen molar-refractivity contribution in [2.45, 2.75) is 32.2 Å². The van der Waals surface area contributed by atoms with Crippen molar-refractivity contribution in [3.05, 3.63) is 23.2 Å². The van der Waals surface area contributed by atoms with Crippen LogP contribution in [0.5, 0.6) is 5.75 Å². The van der Waals surface area contributed by atoms with Gasteiger partial charge in [-0.05, 0) is 56.2 Å². The van der Waals surface area contributed by atoms with Crippen LogP contribution >= 0.6 is 11.6 Å². The molecule has 1 aromatic rings. The molecule has 0 spiro atoms. The van der Waals surface area contributed by atoms with Crippen molar-refractivity contribution in [1.82, 2.24) is 4.90 Å². The molecule has 1 heterocycles. The molecule has 1 aliphatic heterocycles. The van der Waals surface area contributed by atoms with Gasteiger partial charge in [0.2, 0.25) is 11.8 Å². The van der Waals surface area contributed by atoms with Crippen LogP contribution in [0.3, 0.4) is 0 Å². The third kappa shape index (κ3) is 3.43. The second kappa shape index (κ2) is 7.91. The number of rotatable bonds is 6. The van der Waals surface area contributed by atoms with Crippen LogP contribution in [-0.4, -0.2) is 48.3 Å². The van der Waals surface area contributed by atoms with Crippen LogP contribution in [0, 0.1) is 23.7 Å². The van der Waals surface area contributed by atoms with E-state index in [2.05, 4.69) is 5.32 Å². The number of likely N-dealkylation sites (tertiary alicyclic amines) is 1. The summed E-state index contributed by atoms with van der Waals surface area (Å²) < 4.78 is 10.2. The van der Waals surface area contributed by atoms with Crippen LogP contribution in [-0.2, 0) is 23.9 Å². The van der Waals surface area contributed by atoms with E-state index in [1.165, 1.54) is 20.1 Å². The van der Waals surface area contributed by atoms with Gasteiger partial charge in [-0.3, -0.25) is 19.3 Å². The number of anilines is 1. The molecule has 160 valence electrons. The molecule has 8 nitrogen and oxygen atoms in total. The van der Waals surface area contributed by atoms with Gasteiger partial charge in [-0.2, -0.15) is 0 Å². The third-order valence-corrected chi connectivity index (χ3v) is 6.71. The van der Waals surface area contributed by atoms with Crippen molar-refractivity contribution in [2.24, 2.45) is 23.7 Å². The number of amides is 3. The summed E-state index contributed by atoms with van der Waals surface area (Å²) in [4.78, 5) is 51.3. The molecule has 0 radical (unpaired) electrons. The molecule has 1 saturated heterocycles. The van der Waals surface area contributed by atoms with Crippen molar-refractivity contribution in [3.8, 4) is 5.75 Å². The summed E-state index contributed by atoms with van der Waals surface area (Å²) >= 11 is 5.93. The highest BCUT2D eigenvalue weighted by molar-refractivity contribution is 6.31. The van der Waals surface area contributed by atoms with Gasteiger partial charge in [0.25, 0.3) is 5.91 Å². The normalized spacial score (nSPS) is 27.8. The number of fused-ring (bicyclic) bond motifs is 5. The van der Waals surface area contributed by atoms with E-state index in [-0.39, 0.29) is 35.5 Å². The summed E-state index contributed by atoms with van der Waals surface area (Å²) in [6.45, 7) is 0.895. The summed E-state index contributed by atoms with van der Waals surface area (Å²) in [6.07, 6.45) is 2.85. The third-order valence-electron chi connectivity index (χ3n) is 6.47. The first-order valence-electron chi connectivity index (χ1n) is 9.98. The minimum absolute atomic E-state index is 0.239. The van der Waals surface area contributed by atoms with Crippen molar-refractivity contribution in [2.75, 3.05) is 19.0 Å². The maximum absolute atomic E-state index is 12.8. The van der Waals surface area contributed by atoms with Crippen LogP contribution in [0.1, 0.15) is 26.2 Å². The lowest BCUT2D eigenvalue weighted by molar-refractivity contribution is -0.159. The lowest BCUT2D eigenvalue weighted by Crippen LogP contribution is -2.45. The predicted octanol–water partition coefficient (Wildman–Crippen LogP) is 2.25. The number of halogens is 1. The number of hydrogen-bond donors (Lipinski definition) is 1. The van der Waals surface area contributed by atoms with E-state index in [9.17, 15) is 19.2 Å². The van der Waals surface area contributed by atoms with E-state index in [1.54, 1.807) is 12.1 Å². The number of imide groups is 1. The van der Waals surface area contributed by atoms with Crippen molar-refractivity contribution < 1.29 is 28.7 Å². The minimum atomic E-state index is -1.07. The number of carbonyl (C=O) groups excluding carboxylic acids is 4. The SMILES string of the molecule is COc1ccc(Cl)cc1NC(=O)COC(=O)[C@@H](C)N1C(=O)[C@H]2[C@@H]3CC[C@@H](C3)[C@@H]2C1=O. The van der Waals surface area contributed by atoms with Gasteiger partial charge < -0.3 is 14.8 Å². The Hall–Kier alpha value is -2.61. The Bertz CT molecular complexity index is 891. The molecule has 1 N–H and O–H groups in total. The lowest BCUT2D eigenvalue weighted by atomic mass is 9.81. The van der Waals surface area contributed by atoms with E-state index in [1.807, 2.05) is 0 Å². The first-order chi connectivity index (χ1) is 14.3. The number of benzene rings is 1. The van der Waals surface area contributed by atoms with Crippen LogP contribution in [0.25, 0.3) is 0 Å². The summed E-state index contributed by atoms with van der Waals surface area (Å²) in [5.41, 5.74) is 0.340. The number of nitrogens with one attached hydrogen (secondary N) is 1. The van der Waals surface area contributed by atoms with Crippen LogP contribution in [0.2, 0.25) is 5.02 Å². The van der Waals surface area contributed by atoms with Crippen molar-refractivity contribution in [1.29, 1.82) is 0 Å².